The van der Waals surface area contributed by atoms with Gasteiger partial charge >= 0.3 is 7.12 Å². The summed E-state index contributed by atoms with van der Waals surface area (Å²) in [7, 11) is -1.69. The molecule has 0 fully saturated rings. The normalized spacial score (nSPS) is 10.4. The van der Waals surface area contributed by atoms with Crippen LogP contribution in [0, 0.1) is 19.7 Å². The van der Waals surface area contributed by atoms with E-state index in [4.69, 9.17) is 14.8 Å². The molecule has 0 radical (unpaired) electrons. The zero-order chi connectivity index (χ0) is 14.7. The first-order valence-corrected chi connectivity index (χ1v) is 6.30. The molecule has 0 bridgehead atoms. The van der Waals surface area contributed by atoms with Crippen LogP contribution < -0.4 is 10.2 Å². The summed E-state index contributed by atoms with van der Waals surface area (Å²) in [6, 6.07) is 9.74. The molecule has 0 saturated carbocycles. The van der Waals surface area contributed by atoms with Crippen LogP contribution in [-0.4, -0.2) is 17.2 Å². The monoisotopic (exact) mass is 274 g/mol. The van der Waals surface area contributed by atoms with E-state index in [9.17, 15) is 4.39 Å². The van der Waals surface area contributed by atoms with Gasteiger partial charge in [-0.3, -0.25) is 0 Å². The highest BCUT2D eigenvalue weighted by molar-refractivity contribution is 6.58. The van der Waals surface area contributed by atoms with Crippen LogP contribution in [0.1, 0.15) is 16.7 Å². The Hall–Kier alpha value is -1.85. The molecule has 0 heterocycles. The van der Waals surface area contributed by atoms with Gasteiger partial charge in [0.05, 0.1) is 0 Å². The van der Waals surface area contributed by atoms with Gasteiger partial charge < -0.3 is 14.8 Å². The standard InChI is InChI=1S/C15H16BFO3/c1-10-3-11(2)5-15(4-10)20-9-12-6-13(16(18)19)8-14(17)7-12/h3-8,18-19H,9H2,1-2H3. The Kier molecular flexibility index (Phi) is 4.42. The molecule has 3 nitrogen and oxygen atoms in total. The predicted molar refractivity (Wildman–Crippen MR) is 76.5 cm³/mol. The van der Waals surface area contributed by atoms with Gasteiger partial charge in [0, 0.05) is 0 Å². The summed E-state index contributed by atoms with van der Waals surface area (Å²) < 4.78 is 19.0. The summed E-state index contributed by atoms with van der Waals surface area (Å²) in [5.41, 5.74) is 2.84. The van der Waals surface area contributed by atoms with Crippen LogP contribution in [-0.2, 0) is 6.61 Å². The highest BCUT2D eigenvalue weighted by Crippen LogP contribution is 2.17. The molecule has 5 heteroatoms. The van der Waals surface area contributed by atoms with E-state index in [1.807, 2.05) is 32.0 Å². The van der Waals surface area contributed by atoms with Crippen molar-refractivity contribution in [3.63, 3.8) is 0 Å². The van der Waals surface area contributed by atoms with Crippen LogP contribution in [0.25, 0.3) is 0 Å². The smallest absolute Gasteiger partial charge is 0.488 e. The Balaban J connectivity index is 2.14. The fraction of sp³-hybridized carbons (Fsp3) is 0.200. The minimum absolute atomic E-state index is 0.115. The van der Waals surface area contributed by atoms with Crippen LogP contribution >= 0.6 is 0 Å². The second kappa shape index (κ2) is 6.07. The van der Waals surface area contributed by atoms with E-state index in [2.05, 4.69) is 0 Å². The van der Waals surface area contributed by atoms with E-state index >= 15 is 0 Å². The molecule has 0 amide bonds. The van der Waals surface area contributed by atoms with Gasteiger partial charge in [-0.05, 0) is 60.3 Å². The summed E-state index contributed by atoms with van der Waals surface area (Å²) in [5, 5.41) is 18.2. The van der Waals surface area contributed by atoms with Gasteiger partial charge in [-0.15, -0.1) is 0 Å². The van der Waals surface area contributed by atoms with E-state index in [1.165, 1.54) is 12.1 Å². The summed E-state index contributed by atoms with van der Waals surface area (Å²) >= 11 is 0. The van der Waals surface area contributed by atoms with E-state index in [0.717, 1.165) is 17.2 Å². The second-order valence-electron chi connectivity index (χ2n) is 4.88. The number of hydrogen-bond acceptors (Lipinski definition) is 3. The van der Waals surface area contributed by atoms with Crippen molar-refractivity contribution in [2.75, 3.05) is 0 Å². The molecule has 2 aromatic carbocycles. The molecule has 2 aromatic rings. The van der Waals surface area contributed by atoms with Crippen molar-refractivity contribution in [2.24, 2.45) is 0 Å². The Morgan fingerprint density at radius 2 is 1.65 bits per heavy atom. The molecule has 0 spiro atoms. The summed E-state index contributed by atoms with van der Waals surface area (Å²) in [4.78, 5) is 0. The minimum Gasteiger partial charge on any atom is -0.489 e. The average molecular weight is 274 g/mol. The molecule has 0 saturated heterocycles. The van der Waals surface area contributed by atoms with Crippen molar-refractivity contribution >= 4 is 12.6 Å². The van der Waals surface area contributed by atoms with Crippen LogP contribution in [0.5, 0.6) is 5.75 Å². The van der Waals surface area contributed by atoms with Gasteiger partial charge in [0.25, 0.3) is 0 Å². The maximum atomic E-state index is 13.4. The van der Waals surface area contributed by atoms with E-state index in [1.54, 1.807) is 0 Å². The number of hydrogen-bond donors (Lipinski definition) is 2. The number of aryl methyl sites for hydroxylation is 2. The van der Waals surface area contributed by atoms with Crippen molar-refractivity contribution in [3.05, 3.63) is 58.9 Å². The number of rotatable bonds is 4. The van der Waals surface area contributed by atoms with Gasteiger partial charge in [-0.25, -0.2) is 4.39 Å². The fourth-order valence-corrected chi connectivity index (χ4v) is 2.09. The van der Waals surface area contributed by atoms with Gasteiger partial charge in [-0.2, -0.15) is 0 Å². The highest BCUT2D eigenvalue weighted by atomic mass is 19.1. The minimum atomic E-state index is -1.69. The number of benzene rings is 2. The van der Waals surface area contributed by atoms with Crippen LogP contribution in [0.2, 0.25) is 0 Å². The molecule has 104 valence electrons. The van der Waals surface area contributed by atoms with Crippen LogP contribution in [0.3, 0.4) is 0 Å². The lowest BCUT2D eigenvalue weighted by Gasteiger charge is -2.10. The van der Waals surface area contributed by atoms with Crippen molar-refractivity contribution < 1.29 is 19.2 Å². The van der Waals surface area contributed by atoms with Crippen molar-refractivity contribution in [2.45, 2.75) is 20.5 Å². The largest absolute Gasteiger partial charge is 0.489 e. The lowest BCUT2D eigenvalue weighted by molar-refractivity contribution is 0.305. The lowest BCUT2D eigenvalue weighted by Crippen LogP contribution is -2.30. The van der Waals surface area contributed by atoms with Crippen LogP contribution in [0.15, 0.2) is 36.4 Å². The van der Waals surface area contributed by atoms with Gasteiger partial charge in [0.2, 0.25) is 0 Å². The maximum Gasteiger partial charge on any atom is 0.488 e. The highest BCUT2D eigenvalue weighted by Gasteiger charge is 2.13. The molecule has 2 rings (SSSR count). The second-order valence-corrected chi connectivity index (χ2v) is 4.88. The van der Waals surface area contributed by atoms with Crippen molar-refractivity contribution in [1.29, 1.82) is 0 Å². The predicted octanol–water partition coefficient (Wildman–Crippen LogP) is 1.70. The first-order chi connectivity index (χ1) is 9.44. The maximum absolute atomic E-state index is 13.4. The third-order valence-corrected chi connectivity index (χ3v) is 2.88. The third kappa shape index (κ3) is 3.82. The molecule has 0 aliphatic carbocycles. The molecule has 0 atom stereocenters. The van der Waals surface area contributed by atoms with Crippen molar-refractivity contribution in [3.8, 4) is 5.75 Å². The zero-order valence-electron chi connectivity index (χ0n) is 11.4. The first-order valence-electron chi connectivity index (χ1n) is 6.30. The summed E-state index contributed by atoms with van der Waals surface area (Å²) in [5.74, 6) is 0.187. The zero-order valence-corrected chi connectivity index (χ0v) is 11.4. The van der Waals surface area contributed by atoms with Gasteiger partial charge in [0.1, 0.15) is 18.2 Å². The molecular formula is C15H16BFO3. The van der Waals surface area contributed by atoms with Crippen molar-refractivity contribution in [1.82, 2.24) is 0 Å². The molecular weight excluding hydrogens is 258 g/mol. The van der Waals surface area contributed by atoms with Crippen LogP contribution in [0.4, 0.5) is 4.39 Å². The quantitative estimate of drug-likeness (QED) is 0.834. The van der Waals surface area contributed by atoms with Gasteiger partial charge in [0.15, 0.2) is 0 Å². The van der Waals surface area contributed by atoms with E-state index in [0.29, 0.717) is 11.3 Å². The summed E-state index contributed by atoms with van der Waals surface area (Å²) in [6.45, 7) is 4.12. The Labute approximate surface area is 117 Å². The molecule has 0 unspecified atom stereocenters. The molecule has 0 aliphatic heterocycles. The SMILES string of the molecule is Cc1cc(C)cc(OCc2cc(F)cc(B(O)O)c2)c1. The van der Waals surface area contributed by atoms with E-state index < -0.39 is 12.9 Å². The molecule has 2 N–H and O–H groups in total. The number of halogens is 1. The molecule has 0 aliphatic rings. The average Bonchev–Trinajstić information content (AvgIpc) is 2.34. The Morgan fingerprint density at radius 1 is 1.00 bits per heavy atom. The topological polar surface area (TPSA) is 49.7 Å². The Morgan fingerprint density at radius 3 is 2.25 bits per heavy atom. The molecule has 0 aromatic heterocycles. The number of ether oxygens (including phenoxy) is 1. The molecule has 20 heavy (non-hydrogen) atoms. The Bertz CT molecular complexity index is 594. The van der Waals surface area contributed by atoms with E-state index in [-0.39, 0.29) is 12.1 Å². The lowest BCUT2D eigenvalue weighted by atomic mass is 9.79. The van der Waals surface area contributed by atoms with Gasteiger partial charge in [-0.1, -0.05) is 12.1 Å². The summed E-state index contributed by atoms with van der Waals surface area (Å²) in [6.07, 6.45) is 0. The fourth-order valence-electron chi connectivity index (χ4n) is 2.09. The third-order valence-electron chi connectivity index (χ3n) is 2.88. The first kappa shape index (κ1) is 14.6.